The van der Waals surface area contributed by atoms with Crippen molar-refractivity contribution in [1.29, 1.82) is 0 Å². The van der Waals surface area contributed by atoms with E-state index in [4.69, 9.17) is 5.73 Å². The number of rotatable bonds is 4. The van der Waals surface area contributed by atoms with E-state index in [0.29, 0.717) is 18.1 Å². The van der Waals surface area contributed by atoms with Crippen molar-refractivity contribution in [2.24, 2.45) is 11.7 Å². The van der Waals surface area contributed by atoms with Crippen molar-refractivity contribution in [2.75, 3.05) is 12.3 Å². The maximum absolute atomic E-state index is 11.7. The van der Waals surface area contributed by atoms with Gasteiger partial charge in [-0.25, -0.2) is 0 Å². The first-order chi connectivity index (χ1) is 7.10. The second-order valence-electron chi connectivity index (χ2n) is 3.89. The molecule has 0 aromatic rings. The predicted octanol–water partition coefficient (Wildman–Crippen LogP) is 1.65. The van der Waals surface area contributed by atoms with Crippen LogP contribution in [0.1, 0.15) is 33.1 Å². The van der Waals surface area contributed by atoms with Crippen LogP contribution in [-0.4, -0.2) is 27.7 Å². The highest BCUT2D eigenvalue weighted by molar-refractivity contribution is 8.28. The maximum Gasteiger partial charge on any atom is 0.273 e. The van der Waals surface area contributed by atoms with E-state index < -0.39 is 11.1 Å². The van der Waals surface area contributed by atoms with Crippen LogP contribution in [0.3, 0.4) is 0 Å². The van der Waals surface area contributed by atoms with Gasteiger partial charge in [-0.15, -0.1) is 0 Å². The Labute approximate surface area is 93.7 Å². The van der Waals surface area contributed by atoms with Crippen molar-refractivity contribution < 1.29 is 9.59 Å². The van der Waals surface area contributed by atoms with Gasteiger partial charge in [-0.05, 0) is 18.1 Å². The van der Waals surface area contributed by atoms with E-state index >= 15 is 0 Å². The summed E-state index contributed by atoms with van der Waals surface area (Å²) in [6, 6.07) is 0. The lowest BCUT2D eigenvalue weighted by molar-refractivity contribution is -0.123. The molecule has 0 aliphatic carbocycles. The lowest BCUT2D eigenvalue weighted by Crippen LogP contribution is -2.29. The molecule has 0 aromatic heterocycles. The van der Waals surface area contributed by atoms with Crippen LogP contribution in [0.15, 0.2) is 0 Å². The third-order valence-electron chi connectivity index (χ3n) is 2.72. The summed E-state index contributed by atoms with van der Waals surface area (Å²) in [6.45, 7) is 4.76. The molecule has 2 amide bonds. The largest absolute Gasteiger partial charge is 0.361 e. The summed E-state index contributed by atoms with van der Waals surface area (Å²) in [7, 11) is 0. The number of primary amides is 1. The van der Waals surface area contributed by atoms with Crippen LogP contribution in [0.2, 0.25) is 0 Å². The zero-order valence-corrected chi connectivity index (χ0v) is 10.3. The molecule has 1 heterocycles. The predicted molar refractivity (Wildman–Crippen MR) is 63.8 cm³/mol. The topological polar surface area (TPSA) is 63.4 Å². The first kappa shape index (κ1) is 12.4. The minimum absolute atomic E-state index is 0.111. The minimum Gasteiger partial charge on any atom is -0.361 e. The minimum atomic E-state index is -1.07. The molecular weight excluding hydrogens is 212 g/mol. The summed E-state index contributed by atoms with van der Waals surface area (Å²) < 4.78 is 1.72. The van der Waals surface area contributed by atoms with Crippen LogP contribution >= 0.6 is 11.1 Å². The lowest BCUT2D eigenvalue weighted by Gasteiger charge is -2.27. The van der Waals surface area contributed by atoms with Gasteiger partial charge in [0.15, 0.2) is 0 Å². The van der Waals surface area contributed by atoms with E-state index in [9.17, 15) is 9.59 Å². The Morgan fingerprint density at radius 3 is 2.73 bits per heavy atom. The zero-order valence-electron chi connectivity index (χ0n) is 9.40. The molecule has 88 valence electrons. The van der Waals surface area contributed by atoms with Crippen molar-refractivity contribution >= 4 is 22.2 Å². The fourth-order valence-electron chi connectivity index (χ4n) is 2.04. The average molecular weight is 232 g/mol. The number of amides is 2. The molecule has 4 nitrogen and oxygen atoms in total. The number of nitrogens with two attached hydrogens (primary N) is 1. The number of hydrogen-bond acceptors (Lipinski definition) is 2. The van der Waals surface area contributed by atoms with Crippen LogP contribution in [-0.2, 0) is 4.79 Å². The fourth-order valence-corrected chi connectivity index (χ4v) is 3.71. The van der Waals surface area contributed by atoms with E-state index in [1.54, 1.807) is 4.31 Å². The summed E-state index contributed by atoms with van der Waals surface area (Å²) in [5, 5.41) is -0.321. The SMILES string of the molecule is CCC[C@@H]1CC(=O)N([SH](CC)C(N)=O)C1. The van der Waals surface area contributed by atoms with Crippen molar-refractivity contribution in [3.63, 3.8) is 0 Å². The molecule has 1 saturated heterocycles. The van der Waals surface area contributed by atoms with Crippen molar-refractivity contribution in [3.8, 4) is 0 Å². The van der Waals surface area contributed by atoms with Gasteiger partial charge in [-0.2, -0.15) is 0 Å². The molecule has 0 bridgehead atoms. The maximum atomic E-state index is 11.7. The van der Waals surface area contributed by atoms with Gasteiger partial charge in [0.2, 0.25) is 5.91 Å². The van der Waals surface area contributed by atoms with Gasteiger partial charge >= 0.3 is 0 Å². The summed E-state index contributed by atoms with van der Waals surface area (Å²) in [5.74, 6) is 1.22. The Hall–Kier alpha value is -0.710. The monoisotopic (exact) mass is 232 g/mol. The summed E-state index contributed by atoms with van der Waals surface area (Å²) in [6.07, 6.45) is 2.75. The van der Waals surface area contributed by atoms with E-state index in [0.717, 1.165) is 19.4 Å². The Morgan fingerprint density at radius 2 is 2.27 bits per heavy atom. The number of nitrogens with zero attached hydrogens (tertiary/aromatic N) is 1. The molecule has 1 aliphatic rings. The standard InChI is InChI=1S/C10H20N2O2S/c1-3-5-8-6-9(13)12(7-8)15(4-2)10(11)14/h8,15H,3-7H2,1-2H3,(H2,11,14)/t8-/m1/s1. The van der Waals surface area contributed by atoms with Gasteiger partial charge in [0.1, 0.15) is 0 Å². The highest BCUT2D eigenvalue weighted by Gasteiger charge is 2.33. The molecule has 1 unspecified atom stereocenters. The van der Waals surface area contributed by atoms with Gasteiger partial charge in [0.25, 0.3) is 5.24 Å². The highest BCUT2D eigenvalue weighted by Crippen LogP contribution is 2.37. The van der Waals surface area contributed by atoms with Crippen molar-refractivity contribution in [1.82, 2.24) is 4.31 Å². The Kier molecular flexibility index (Phi) is 4.45. The molecule has 2 atom stereocenters. The molecule has 1 aliphatic heterocycles. The third kappa shape index (κ3) is 2.87. The van der Waals surface area contributed by atoms with E-state index in [2.05, 4.69) is 6.92 Å². The number of thiol groups is 1. The highest BCUT2D eigenvalue weighted by atomic mass is 32.2. The fraction of sp³-hybridized carbons (Fsp3) is 0.800. The molecular formula is C10H20N2O2S. The van der Waals surface area contributed by atoms with E-state index in [-0.39, 0.29) is 11.1 Å². The van der Waals surface area contributed by atoms with E-state index in [1.165, 1.54) is 0 Å². The number of carbonyl (C=O) groups excluding carboxylic acids is 2. The van der Waals surface area contributed by atoms with Gasteiger partial charge < -0.3 is 5.73 Å². The van der Waals surface area contributed by atoms with Gasteiger partial charge in [0, 0.05) is 13.0 Å². The van der Waals surface area contributed by atoms with Crippen LogP contribution in [0.4, 0.5) is 4.79 Å². The van der Waals surface area contributed by atoms with Gasteiger partial charge in [0.05, 0.1) is 0 Å². The smallest absolute Gasteiger partial charge is 0.273 e. The lowest BCUT2D eigenvalue weighted by atomic mass is 10.0. The Bertz CT molecular complexity index is 258. The van der Waals surface area contributed by atoms with Crippen molar-refractivity contribution in [2.45, 2.75) is 33.1 Å². The summed E-state index contributed by atoms with van der Waals surface area (Å²) in [5.41, 5.74) is 5.30. The average Bonchev–Trinajstić information content (AvgIpc) is 2.49. The van der Waals surface area contributed by atoms with Gasteiger partial charge in [-0.1, -0.05) is 31.3 Å². The molecule has 1 fully saturated rings. The van der Waals surface area contributed by atoms with Crippen LogP contribution in [0.25, 0.3) is 0 Å². The first-order valence-corrected chi connectivity index (χ1v) is 6.95. The van der Waals surface area contributed by atoms with Crippen LogP contribution < -0.4 is 5.73 Å². The van der Waals surface area contributed by atoms with Crippen molar-refractivity contribution in [3.05, 3.63) is 0 Å². The molecule has 0 aromatic carbocycles. The second-order valence-corrected chi connectivity index (χ2v) is 6.24. The molecule has 5 heteroatoms. The Balaban J connectivity index is 2.63. The summed E-state index contributed by atoms with van der Waals surface area (Å²) in [4.78, 5) is 22.9. The molecule has 1 rings (SSSR count). The molecule has 0 radical (unpaired) electrons. The Morgan fingerprint density at radius 1 is 1.60 bits per heavy atom. The third-order valence-corrected chi connectivity index (χ3v) is 4.80. The number of carbonyl (C=O) groups is 2. The molecule has 2 N–H and O–H groups in total. The zero-order chi connectivity index (χ0) is 11.4. The summed E-state index contributed by atoms with van der Waals surface area (Å²) >= 11 is -1.07. The van der Waals surface area contributed by atoms with Crippen LogP contribution in [0.5, 0.6) is 0 Å². The second kappa shape index (κ2) is 5.39. The quantitative estimate of drug-likeness (QED) is 0.724. The van der Waals surface area contributed by atoms with Crippen LogP contribution in [0, 0.1) is 5.92 Å². The van der Waals surface area contributed by atoms with E-state index in [1.807, 2.05) is 6.92 Å². The molecule has 0 saturated carbocycles. The normalized spacial score (nSPS) is 24.4. The molecule has 15 heavy (non-hydrogen) atoms. The van der Waals surface area contributed by atoms with Gasteiger partial charge in [-0.3, -0.25) is 13.9 Å². The molecule has 0 spiro atoms. The first-order valence-electron chi connectivity index (χ1n) is 5.47. The number of hydrogen-bond donors (Lipinski definition) is 2.